The first-order valence-electron chi connectivity index (χ1n) is 44.9. The van der Waals surface area contributed by atoms with E-state index in [1.807, 2.05) is 137 Å². The van der Waals surface area contributed by atoms with Crippen molar-refractivity contribution in [3.05, 3.63) is 320 Å². The fraction of sp³-hybridized carbons (Fsp3) is 0.346. The molecule has 8 N–H and O–H groups in total. The molecule has 12 amide bonds. The Labute approximate surface area is 790 Å². The van der Waals surface area contributed by atoms with Crippen LogP contribution in [0.25, 0.3) is 0 Å². The van der Waals surface area contributed by atoms with Crippen molar-refractivity contribution < 1.29 is 57.5 Å². The highest BCUT2D eigenvalue weighted by atomic mass is 35.5. The van der Waals surface area contributed by atoms with Crippen LogP contribution >= 0.6 is 46.4 Å². The van der Waals surface area contributed by atoms with Crippen molar-refractivity contribution in [3.8, 4) is 0 Å². The Balaban J connectivity index is 0.000000150. The molecular formula is C104H112Cl4N12O12. The highest BCUT2D eigenvalue weighted by molar-refractivity contribution is 6.32. The number of ketones is 4. The quantitative estimate of drug-likeness (QED) is 0.0261. The lowest BCUT2D eigenvalue weighted by molar-refractivity contribution is -0.123. The van der Waals surface area contributed by atoms with E-state index in [0.29, 0.717) is 166 Å². The number of benzene rings is 8. The number of anilines is 1. The molecule has 4 aliphatic carbocycles. The van der Waals surface area contributed by atoms with Crippen molar-refractivity contribution in [2.24, 2.45) is 0 Å². The molecule has 4 fully saturated rings. The molecule has 0 spiro atoms. The van der Waals surface area contributed by atoms with Crippen molar-refractivity contribution in [2.75, 3.05) is 11.9 Å². The van der Waals surface area contributed by atoms with E-state index in [0.717, 1.165) is 162 Å². The number of amides is 12. The summed E-state index contributed by atoms with van der Waals surface area (Å²) < 4.78 is 0. The third-order valence-corrected chi connectivity index (χ3v) is 27.1. The Morgan fingerprint density at radius 3 is 1.01 bits per heavy atom. The van der Waals surface area contributed by atoms with E-state index in [9.17, 15) is 57.5 Å². The van der Waals surface area contributed by atoms with Gasteiger partial charge >= 0.3 is 24.1 Å². The van der Waals surface area contributed by atoms with E-state index < -0.39 is 12.1 Å². The molecule has 8 aliphatic rings. The fourth-order valence-electron chi connectivity index (χ4n) is 17.9. The Hall–Kier alpha value is -12.5. The van der Waals surface area contributed by atoms with Crippen LogP contribution in [0.3, 0.4) is 0 Å². The number of rotatable bonds is 20. The first-order valence-corrected chi connectivity index (χ1v) is 46.4. The summed E-state index contributed by atoms with van der Waals surface area (Å²) in [6.07, 6.45) is 11.5. The summed E-state index contributed by atoms with van der Waals surface area (Å²) in [6.45, 7) is 27.7. The molecule has 8 aromatic rings. The molecule has 132 heavy (non-hydrogen) atoms. The average molecular weight is 1860 g/mol. The van der Waals surface area contributed by atoms with Crippen molar-refractivity contribution in [1.29, 1.82) is 0 Å². The third-order valence-electron chi connectivity index (χ3n) is 25.4. The minimum atomic E-state index is -0.412. The third kappa shape index (κ3) is 24.8. The molecule has 0 aromatic heterocycles. The number of carbonyl (C=O) groups is 12. The van der Waals surface area contributed by atoms with Gasteiger partial charge in [-0.3, -0.25) is 38.4 Å². The molecule has 0 bridgehead atoms. The Kier molecular flexibility index (Phi) is 32.8. The van der Waals surface area contributed by atoms with Gasteiger partial charge in [-0.2, -0.15) is 0 Å². The molecule has 4 heterocycles. The lowest BCUT2D eigenvalue weighted by Gasteiger charge is -2.25. The molecule has 688 valence electrons. The second kappa shape index (κ2) is 44.6. The molecule has 4 saturated carbocycles. The molecule has 4 unspecified atom stereocenters. The predicted molar refractivity (Wildman–Crippen MR) is 514 cm³/mol. The maximum Gasteiger partial charge on any atom is 0.319 e. The number of hydrogen-bond donors (Lipinski definition) is 8. The number of carbonyl (C=O) groups excluding carboxylic acids is 12. The zero-order valence-corrected chi connectivity index (χ0v) is 78.0. The SMILES string of the molecule is C=C1CCCC(N2Cc3c(CNC(=O)NCc4ccc(C)c(Cl)c4)cccc3C2=O)C(=O)C1.C=C1CCCC(N2Cc3c(CNC(=O)Nc4ccc(C)c(Cl)c4)cccc3C2=O)C(=O)C1.C=C1CCCC(N2Cc3cc(CNC(=O)NCCc4ccc(C)c(Cl)c4)ccc3C2=O)C(=O)C1.C=C1CCCC(N2Cc3cc(CNC(=O)NCc4ccc(C)c(Cl)c4)ccc3C2=O)C(=O)C1. The molecule has 8 aromatic carbocycles. The summed E-state index contributed by atoms with van der Waals surface area (Å²) in [6, 6.07) is 42.0. The molecule has 4 aliphatic heterocycles. The zero-order valence-electron chi connectivity index (χ0n) is 75.0. The van der Waals surface area contributed by atoms with Crippen molar-refractivity contribution in [3.63, 3.8) is 0 Å². The summed E-state index contributed by atoms with van der Waals surface area (Å²) in [5.41, 5.74) is 20.8. The number of allylic oxidation sites excluding steroid dienone is 4. The monoisotopic (exact) mass is 1860 g/mol. The van der Waals surface area contributed by atoms with Crippen LogP contribution in [0.5, 0.6) is 0 Å². The van der Waals surface area contributed by atoms with E-state index in [2.05, 4.69) is 68.9 Å². The first kappa shape index (κ1) is 97.1. The number of halogens is 4. The second-order valence-corrected chi connectivity index (χ2v) is 36.9. The number of Topliss-reactive ketones (excluding diaryl/α,β-unsaturated/α-hetero) is 4. The van der Waals surface area contributed by atoms with Gasteiger partial charge in [0.05, 0.1) is 24.2 Å². The number of hydrogen-bond acceptors (Lipinski definition) is 12. The standard InChI is InChI=1S/C27H30ClN3O3.2C26H28ClN3O3.C25H26ClN3O3/c1-17-4-3-5-24(25(32)12-17)31-16-21-13-20(8-9-22(21)26(31)33)15-30-27(34)29-11-10-19-7-6-18(2)23(28)14-19;1-16-5-3-8-23(24(31)11-16)30-15-21-19(6-4-7-20(21)25(30)32)14-29-26(33)28-13-18-10-9-17(2)22(27)12-18;1-16-4-3-5-23(24(31)10-16)30-15-20-11-18(8-9-21(20)25(30)32)13-28-26(33)29-14-19-7-6-17(2)22(27)12-19;1-15-5-3-8-22(23(30)11-15)29-14-20-17(6-4-7-19(20)24(29)31)13-27-25(32)28-18-10-9-16(2)21(26)12-18/h6-9,13-14,24H,1,3-5,10-12,15-16H2,2H3,(H2,29,30,34);4,6-7,9-10,12,23H,1,3,5,8,11,13-15H2,2H3,(H2,28,29,33);6-9,11-12,23H,1,3-5,10,13-15H2,2H3,(H2,28,29,33);4,6-7,9-10,12,22H,1,3,5,8,11,13-14H2,2H3,(H2,27,28,32). The van der Waals surface area contributed by atoms with E-state index in [1.54, 1.807) is 56.0 Å². The Bertz CT molecular complexity index is 5930. The summed E-state index contributed by atoms with van der Waals surface area (Å²) in [4.78, 5) is 159. The molecule has 0 saturated heterocycles. The van der Waals surface area contributed by atoms with E-state index in [1.165, 1.54) is 0 Å². The van der Waals surface area contributed by atoms with E-state index >= 15 is 0 Å². The van der Waals surface area contributed by atoms with Crippen LogP contribution < -0.4 is 42.5 Å². The van der Waals surface area contributed by atoms with Gasteiger partial charge in [0.2, 0.25) is 0 Å². The summed E-state index contributed by atoms with van der Waals surface area (Å²) in [5, 5.41) is 25.4. The van der Waals surface area contributed by atoms with Gasteiger partial charge in [0.15, 0.2) is 23.1 Å². The topological polar surface area (TPSA) is 314 Å². The lowest BCUT2D eigenvalue weighted by Crippen LogP contribution is -2.40. The van der Waals surface area contributed by atoms with Gasteiger partial charge in [0.1, 0.15) is 0 Å². The van der Waals surface area contributed by atoms with Gasteiger partial charge in [0.25, 0.3) is 23.6 Å². The van der Waals surface area contributed by atoms with Gasteiger partial charge in [-0.1, -0.05) is 186 Å². The van der Waals surface area contributed by atoms with Crippen LogP contribution in [-0.2, 0) is 91.0 Å². The minimum Gasteiger partial charge on any atom is -0.338 e. The van der Waals surface area contributed by atoms with E-state index in [-0.39, 0.29) is 89.5 Å². The van der Waals surface area contributed by atoms with Crippen LogP contribution in [-0.4, -0.2) is 121 Å². The largest absolute Gasteiger partial charge is 0.338 e. The second-order valence-electron chi connectivity index (χ2n) is 35.3. The first-order chi connectivity index (χ1) is 63.3. The summed E-state index contributed by atoms with van der Waals surface area (Å²) in [5.74, 6) is -0.135. The van der Waals surface area contributed by atoms with Crippen molar-refractivity contribution in [1.82, 2.24) is 56.8 Å². The van der Waals surface area contributed by atoms with Gasteiger partial charge in [-0.15, -0.1) is 0 Å². The molecular weight excluding hydrogens is 1750 g/mol. The van der Waals surface area contributed by atoms with E-state index in [4.69, 9.17) is 46.4 Å². The number of nitrogens with one attached hydrogen (secondary N) is 8. The van der Waals surface area contributed by atoms with Crippen LogP contribution in [0.4, 0.5) is 24.9 Å². The smallest absolute Gasteiger partial charge is 0.319 e. The maximum atomic E-state index is 13.1. The number of aryl methyl sites for hydroxylation is 4. The molecule has 28 heteroatoms. The molecule has 0 radical (unpaired) electrons. The Morgan fingerprint density at radius 1 is 0.333 bits per heavy atom. The maximum absolute atomic E-state index is 13.1. The summed E-state index contributed by atoms with van der Waals surface area (Å²) >= 11 is 24.5. The van der Waals surface area contributed by atoms with Crippen LogP contribution in [0.2, 0.25) is 20.1 Å². The molecule has 24 nitrogen and oxygen atoms in total. The number of fused-ring (bicyclic) bond motifs is 4. The average Bonchev–Trinajstić information content (AvgIpc) is 1.63. The Morgan fingerprint density at radius 2 is 0.636 bits per heavy atom. The number of nitrogens with zero attached hydrogens (tertiary/aromatic N) is 4. The predicted octanol–water partition coefficient (Wildman–Crippen LogP) is 19.1. The van der Waals surface area contributed by atoms with Crippen LogP contribution in [0.1, 0.15) is 228 Å². The van der Waals surface area contributed by atoms with Gasteiger partial charge in [0, 0.05) is 146 Å². The lowest BCUT2D eigenvalue weighted by atomic mass is 10.0. The van der Waals surface area contributed by atoms with Crippen LogP contribution in [0, 0.1) is 27.7 Å². The van der Waals surface area contributed by atoms with Crippen LogP contribution in [0.15, 0.2) is 194 Å². The van der Waals surface area contributed by atoms with Gasteiger partial charge < -0.3 is 62.1 Å². The highest BCUT2D eigenvalue weighted by Gasteiger charge is 2.42. The molecule has 16 rings (SSSR count). The molecule has 4 atom stereocenters. The number of urea groups is 4. The van der Waals surface area contributed by atoms with Crippen molar-refractivity contribution in [2.45, 2.75) is 226 Å². The summed E-state index contributed by atoms with van der Waals surface area (Å²) in [7, 11) is 0. The normalized spacial score (nSPS) is 18.2. The van der Waals surface area contributed by atoms with Crippen molar-refractivity contribution >= 4 is 123 Å². The van der Waals surface area contributed by atoms with Gasteiger partial charge in [-0.25, -0.2) is 19.2 Å². The minimum absolute atomic E-state index is 0.0597. The highest BCUT2D eigenvalue weighted by Crippen LogP contribution is 2.38. The van der Waals surface area contributed by atoms with Gasteiger partial charge in [-0.05, 0) is 249 Å². The zero-order chi connectivity index (χ0) is 94.1. The fourth-order valence-corrected chi connectivity index (χ4v) is 18.7.